The van der Waals surface area contributed by atoms with Crippen LogP contribution in [0.4, 0.5) is 0 Å². The Morgan fingerprint density at radius 3 is 0.833 bits per heavy atom. The van der Waals surface area contributed by atoms with Crippen molar-refractivity contribution in [2.45, 2.75) is 17.8 Å². The first-order valence-corrected chi connectivity index (χ1v) is 25.3. The van der Waals surface area contributed by atoms with Crippen molar-refractivity contribution in [2.75, 3.05) is 26.4 Å². The highest BCUT2D eigenvalue weighted by atomic mass is 16.5. The number of hydrogen-bond acceptors (Lipinski definition) is 9. The van der Waals surface area contributed by atoms with E-state index in [2.05, 4.69) is 24.3 Å². The van der Waals surface area contributed by atoms with Gasteiger partial charge in [0.2, 0.25) is 0 Å². The number of carbonyl (C=O) groups is 1. The standard InChI is InChI=1S/C69H54N4O5/c70-41-60(64(52-25-9-1-10-26-52)53-27-11-2-12-28-53)45-75-48-69(49-76-46-61(42-71)65(54-29-13-3-14-30-54)55-31-15-4-16-32-55,50-77-47-62(43-72)66(56-33-17-5-18-34-56)57-35-19-6-20-36-57)51-78-68(74)63(44-73)67(58-37-21-7-22-38-58)59-39-23-8-24-40-59/h1-40,45-47,64-66H,48-51H2. The van der Waals surface area contributed by atoms with Crippen molar-refractivity contribution in [2.24, 2.45) is 5.41 Å². The van der Waals surface area contributed by atoms with Gasteiger partial charge in [-0.1, -0.05) is 243 Å². The molecule has 0 saturated carbocycles. The van der Waals surface area contributed by atoms with Gasteiger partial charge in [-0.05, 0) is 44.5 Å². The molecule has 9 nitrogen and oxygen atoms in total. The van der Waals surface area contributed by atoms with Crippen molar-refractivity contribution in [3.8, 4) is 24.3 Å². The first kappa shape index (κ1) is 53.8. The van der Waals surface area contributed by atoms with Gasteiger partial charge < -0.3 is 18.9 Å². The topological polar surface area (TPSA) is 149 Å². The van der Waals surface area contributed by atoms with E-state index in [4.69, 9.17) is 18.9 Å². The smallest absolute Gasteiger partial charge is 0.349 e. The molecule has 0 radical (unpaired) electrons. The first-order chi connectivity index (χ1) is 38.5. The van der Waals surface area contributed by atoms with E-state index < -0.39 is 35.7 Å². The lowest BCUT2D eigenvalue weighted by atomic mass is 9.86. The molecule has 8 aromatic rings. The SMILES string of the molecule is N#CC(=COCC(COC=C(C#N)C(c1ccccc1)c1ccccc1)(COC=C(C#N)C(c1ccccc1)c1ccccc1)COC(=O)C(C#N)=C(c1ccccc1)c1ccccc1)C(c1ccccc1)c1ccccc1. The Balaban J connectivity index is 1.24. The maximum atomic E-state index is 14.7. The van der Waals surface area contributed by atoms with Gasteiger partial charge >= 0.3 is 5.97 Å². The van der Waals surface area contributed by atoms with Crippen LogP contribution in [-0.2, 0) is 23.7 Å². The van der Waals surface area contributed by atoms with E-state index in [1.165, 1.54) is 18.8 Å². The summed E-state index contributed by atoms with van der Waals surface area (Å²) in [7, 11) is 0. The summed E-state index contributed by atoms with van der Waals surface area (Å²) in [5.74, 6) is -2.47. The van der Waals surface area contributed by atoms with Gasteiger partial charge in [-0.2, -0.15) is 21.0 Å². The molecule has 0 aromatic heterocycles. The Kier molecular flexibility index (Phi) is 19.1. The molecule has 0 saturated heterocycles. The lowest BCUT2D eigenvalue weighted by molar-refractivity contribution is -0.146. The van der Waals surface area contributed by atoms with Crippen LogP contribution in [-0.4, -0.2) is 32.4 Å². The molecule has 0 amide bonds. The van der Waals surface area contributed by atoms with E-state index in [1.807, 2.05) is 243 Å². The second-order valence-electron chi connectivity index (χ2n) is 18.4. The first-order valence-electron chi connectivity index (χ1n) is 25.3. The largest absolute Gasteiger partial charge is 0.499 e. The molecule has 0 bridgehead atoms. The summed E-state index contributed by atoms with van der Waals surface area (Å²) < 4.78 is 25.9. The molecule has 0 N–H and O–H groups in total. The third kappa shape index (κ3) is 13.8. The third-order valence-corrected chi connectivity index (χ3v) is 13.1. The molecule has 0 aliphatic carbocycles. The van der Waals surface area contributed by atoms with E-state index >= 15 is 0 Å². The number of benzene rings is 8. The van der Waals surface area contributed by atoms with Crippen molar-refractivity contribution < 1.29 is 23.7 Å². The maximum Gasteiger partial charge on any atom is 0.349 e. The molecular formula is C69H54N4O5. The molecule has 380 valence electrons. The molecule has 0 unspecified atom stereocenters. The van der Waals surface area contributed by atoms with Gasteiger partial charge in [0.1, 0.15) is 43.5 Å². The zero-order valence-corrected chi connectivity index (χ0v) is 42.7. The molecule has 8 rings (SSSR count). The van der Waals surface area contributed by atoms with Crippen LogP contribution in [0.25, 0.3) is 5.57 Å². The molecule has 0 aliphatic heterocycles. The predicted octanol–water partition coefficient (Wildman–Crippen LogP) is 14.3. The number of esters is 1. The number of carbonyl (C=O) groups excluding carboxylic acids is 1. The second kappa shape index (κ2) is 27.7. The van der Waals surface area contributed by atoms with Gasteiger partial charge in [0.15, 0.2) is 0 Å². The van der Waals surface area contributed by atoms with Gasteiger partial charge in [-0.15, -0.1) is 0 Å². The van der Waals surface area contributed by atoms with E-state index in [1.54, 1.807) is 0 Å². The van der Waals surface area contributed by atoms with E-state index in [9.17, 15) is 25.8 Å². The number of allylic oxidation sites excluding steroid dienone is 3. The second-order valence-corrected chi connectivity index (χ2v) is 18.4. The summed E-state index contributed by atoms with van der Waals surface area (Å²) in [6.07, 6.45) is 4.21. The molecular weight excluding hydrogens is 965 g/mol. The highest BCUT2D eigenvalue weighted by Gasteiger charge is 2.37. The average molecular weight is 1020 g/mol. The predicted molar refractivity (Wildman–Crippen MR) is 301 cm³/mol. The molecule has 8 aromatic carbocycles. The summed E-state index contributed by atoms with van der Waals surface area (Å²) >= 11 is 0. The molecule has 0 spiro atoms. The fourth-order valence-electron chi connectivity index (χ4n) is 9.34. The maximum absolute atomic E-state index is 14.7. The van der Waals surface area contributed by atoms with Crippen LogP contribution in [0.1, 0.15) is 62.3 Å². The van der Waals surface area contributed by atoms with E-state index in [0.717, 1.165) is 33.4 Å². The molecule has 0 atom stereocenters. The van der Waals surface area contributed by atoms with Crippen LogP contribution in [0.15, 0.2) is 284 Å². The minimum atomic E-state index is -1.47. The van der Waals surface area contributed by atoms with Gasteiger partial charge in [-0.25, -0.2) is 4.79 Å². The van der Waals surface area contributed by atoms with Gasteiger partial charge in [0.05, 0.1) is 53.7 Å². The summed E-state index contributed by atoms with van der Waals surface area (Å²) in [5, 5.41) is 43.4. The van der Waals surface area contributed by atoms with Crippen LogP contribution in [0.2, 0.25) is 0 Å². The van der Waals surface area contributed by atoms with Crippen molar-refractivity contribution in [3.05, 3.63) is 328 Å². The van der Waals surface area contributed by atoms with Crippen LogP contribution >= 0.6 is 0 Å². The normalized spacial score (nSPS) is 12.2. The Morgan fingerprint density at radius 1 is 0.359 bits per heavy atom. The van der Waals surface area contributed by atoms with Crippen molar-refractivity contribution in [1.29, 1.82) is 21.0 Å². The van der Waals surface area contributed by atoms with Gasteiger partial charge in [-0.3, -0.25) is 0 Å². The van der Waals surface area contributed by atoms with Crippen LogP contribution in [0, 0.1) is 50.7 Å². The van der Waals surface area contributed by atoms with Crippen LogP contribution in [0.5, 0.6) is 0 Å². The van der Waals surface area contributed by atoms with Crippen molar-refractivity contribution in [3.63, 3.8) is 0 Å². The zero-order chi connectivity index (χ0) is 54.2. The van der Waals surface area contributed by atoms with Crippen LogP contribution < -0.4 is 0 Å². The monoisotopic (exact) mass is 1020 g/mol. The number of nitrogens with zero attached hydrogens (tertiary/aromatic N) is 4. The molecule has 9 heteroatoms. The lowest BCUT2D eigenvalue weighted by Crippen LogP contribution is -2.41. The van der Waals surface area contributed by atoms with E-state index in [0.29, 0.717) is 16.7 Å². The minimum Gasteiger partial charge on any atom is -0.499 e. The average Bonchev–Trinajstić information content (AvgIpc) is 3.55. The highest BCUT2D eigenvalue weighted by molar-refractivity contribution is 6.05. The highest BCUT2D eigenvalue weighted by Crippen LogP contribution is 2.36. The summed E-state index contributed by atoms with van der Waals surface area (Å²) in [6.45, 7) is -1.32. The zero-order valence-electron chi connectivity index (χ0n) is 42.7. The summed E-state index contributed by atoms with van der Waals surface area (Å²) in [4.78, 5) is 14.7. The van der Waals surface area contributed by atoms with Crippen molar-refractivity contribution in [1.82, 2.24) is 0 Å². The summed E-state index contributed by atoms with van der Waals surface area (Å²) in [5.41, 5.74) is 5.90. The fraction of sp³-hybridized carbons (Fsp3) is 0.116. The molecule has 0 heterocycles. The van der Waals surface area contributed by atoms with Gasteiger partial charge in [0.25, 0.3) is 0 Å². The lowest BCUT2D eigenvalue weighted by Gasteiger charge is -2.32. The summed E-state index contributed by atoms with van der Waals surface area (Å²) in [6, 6.07) is 85.2. The Bertz CT molecular complexity index is 3070. The Hall–Kier alpha value is -10.5. The molecule has 0 fully saturated rings. The van der Waals surface area contributed by atoms with Crippen molar-refractivity contribution >= 4 is 11.5 Å². The minimum absolute atomic E-state index is 0.246. The number of hydrogen-bond donors (Lipinski definition) is 0. The Labute approximate surface area is 456 Å². The Morgan fingerprint density at radius 2 is 0.603 bits per heavy atom. The number of ether oxygens (including phenoxy) is 4. The number of nitriles is 4. The number of rotatable bonds is 23. The quantitative estimate of drug-likeness (QED) is 0.0264. The van der Waals surface area contributed by atoms with E-state index in [-0.39, 0.29) is 42.1 Å². The molecule has 78 heavy (non-hydrogen) atoms. The third-order valence-electron chi connectivity index (χ3n) is 13.1. The fourth-order valence-corrected chi connectivity index (χ4v) is 9.34. The van der Waals surface area contributed by atoms with Gasteiger partial charge in [0, 0.05) is 23.3 Å². The van der Waals surface area contributed by atoms with Crippen LogP contribution in [0.3, 0.4) is 0 Å². The molecule has 0 aliphatic rings.